The van der Waals surface area contributed by atoms with Crippen molar-refractivity contribution in [3.8, 4) is 0 Å². The van der Waals surface area contributed by atoms with Gasteiger partial charge in [0.1, 0.15) is 17.3 Å². The normalized spacial score (nSPS) is 12.3. The molecule has 4 rings (SSSR count). The first-order valence-corrected chi connectivity index (χ1v) is 8.09. The SMILES string of the molecule is O=C(O)c1ccccn1.[B]1N(c2ccccn2)CCN1c1ccccn1.[Ir]. The molecule has 0 bridgehead atoms. The van der Waals surface area contributed by atoms with Gasteiger partial charge in [0, 0.05) is 51.8 Å². The van der Waals surface area contributed by atoms with Gasteiger partial charge < -0.3 is 14.7 Å². The molecule has 1 fully saturated rings. The Morgan fingerprint density at radius 2 is 1.30 bits per heavy atom. The molecule has 1 aliphatic heterocycles. The molecular weight excluding hydrogens is 521 g/mol. The van der Waals surface area contributed by atoms with E-state index in [9.17, 15) is 4.79 Å². The minimum absolute atomic E-state index is 0. The molecule has 0 atom stereocenters. The minimum atomic E-state index is -0.990. The van der Waals surface area contributed by atoms with Crippen molar-refractivity contribution in [2.75, 3.05) is 22.7 Å². The van der Waals surface area contributed by atoms with Crippen molar-refractivity contribution in [3.63, 3.8) is 0 Å². The van der Waals surface area contributed by atoms with E-state index in [4.69, 9.17) is 5.11 Å². The largest absolute Gasteiger partial charge is 0.477 e. The van der Waals surface area contributed by atoms with Crippen LogP contribution < -0.4 is 9.62 Å². The molecule has 27 heavy (non-hydrogen) atoms. The van der Waals surface area contributed by atoms with Crippen LogP contribution in [0.15, 0.2) is 73.2 Å². The Balaban J connectivity index is 0.000000224. The molecule has 9 heteroatoms. The third-order valence-corrected chi connectivity index (χ3v) is 3.63. The fraction of sp³-hybridized carbons (Fsp3) is 0.111. The zero-order valence-electron chi connectivity index (χ0n) is 14.3. The standard InChI is InChI=1S/C12H12BN4.C6H5NO2.Ir/c1-3-7-14-11(5-1)16-9-10-17(13-16)12-6-2-4-8-15-12;8-6(9)5-3-1-2-4-7-5;/h1-8H,9-10H2;1-4H,(H,8,9);. The number of aromatic nitrogens is 3. The van der Waals surface area contributed by atoms with E-state index in [-0.39, 0.29) is 25.8 Å². The van der Waals surface area contributed by atoms with Crippen molar-refractivity contribution in [2.24, 2.45) is 0 Å². The van der Waals surface area contributed by atoms with E-state index in [2.05, 4.69) is 32.1 Å². The van der Waals surface area contributed by atoms with Crippen LogP contribution in [0.5, 0.6) is 0 Å². The molecule has 7 nitrogen and oxygen atoms in total. The van der Waals surface area contributed by atoms with Crippen molar-refractivity contribution in [1.29, 1.82) is 0 Å². The van der Waals surface area contributed by atoms with Crippen LogP contribution in [0.4, 0.5) is 11.6 Å². The van der Waals surface area contributed by atoms with Crippen molar-refractivity contribution in [3.05, 3.63) is 78.9 Å². The van der Waals surface area contributed by atoms with Crippen LogP contribution in [0.3, 0.4) is 0 Å². The third-order valence-electron chi connectivity index (χ3n) is 3.63. The number of rotatable bonds is 3. The molecule has 0 aliphatic carbocycles. The zero-order valence-corrected chi connectivity index (χ0v) is 16.7. The number of pyridine rings is 3. The first-order valence-electron chi connectivity index (χ1n) is 8.09. The molecule has 138 valence electrons. The van der Waals surface area contributed by atoms with Gasteiger partial charge in [-0.1, -0.05) is 18.2 Å². The maximum absolute atomic E-state index is 10.1. The number of carboxylic acid groups (broad SMARTS) is 1. The number of carbonyl (C=O) groups is 1. The number of aromatic carboxylic acids is 1. The van der Waals surface area contributed by atoms with Gasteiger partial charge in [0.25, 0.3) is 0 Å². The van der Waals surface area contributed by atoms with Crippen LogP contribution in [-0.4, -0.2) is 46.7 Å². The molecule has 1 N–H and O–H groups in total. The van der Waals surface area contributed by atoms with E-state index >= 15 is 0 Å². The summed E-state index contributed by atoms with van der Waals surface area (Å²) in [4.78, 5) is 26.7. The first kappa shape index (κ1) is 20.5. The topological polar surface area (TPSA) is 82.4 Å². The van der Waals surface area contributed by atoms with Gasteiger partial charge in [-0.05, 0) is 36.4 Å². The Hall–Kier alpha value is -2.77. The smallest absolute Gasteiger partial charge is 0.394 e. The summed E-state index contributed by atoms with van der Waals surface area (Å²) < 4.78 is 0. The molecule has 2 radical (unpaired) electrons. The van der Waals surface area contributed by atoms with Gasteiger partial charge in [-0.2, -0.15) is 0 Å². The number of anilines is 2. The van der Waals surface area contributed by atoms with E-state index < -0.39 is 5.97 Å². The summed E-state index contributed by atoms with van der Waals surface area (Å²) in [6.07, 6.45) is 5.07. The molecule has 0 saturated carbocycles. The van der Waals surface area contributed by atoms with Gasteiger partial charge in [-0.25, -0.2) is 19.7 Å². The van der Waals surface area contributed by atoms with Crippen molar-refractivity contribution in [2.45, 2.75) is 0 Å². The third kappa shape index (κ3) is 5.87. The van der Waals surface area contributed by atoms with Crippen LogP contribution in [0.25, 0.3) is 0 Å². The van der Waals surface area contributed by atoms with Gasteiger partial charge >= 0.3 is 13.5 Å². The van der Waals surface area contributed by atoms with Gasteiger partial charge in [-0.15, -0.1) is 0 Å². The predicted molar refractivity (Wildman–Crippen MR) is 100 cm³/mol. The fourth-order valence-corrected chi connectivity index (χ4v) is 2.38. The Labute approximate surface area is 171 Å². The van der Waals surface area contributed by atoms with Crippen LogP contribution >= 0.6 is 0 Å². The molecule has 0 unspecified atom stereocenters. The number of hydrogen-bond donors (Lipinski definition) is 1. The molecule has 0 spiro atoms. The quantitative estimate of drug-likeness (QED) is 0.512. The Bertz CT molecular complexity index is 781. The summed E-state index contributed by atoms with van der Waals surface area (Å²) in [5.41, 5.74) is 0.0810. The number of carboxylic acids is 1. The first-order chi connectivity index (χ1) is 12.7. The Morgan fingerprint density at radius 1 is 0.815 bits per heavy atom. The molecule has 3 aromatic heterocycles. The second-order valence-electron chi connectivity index (χ2n) is 5.40. The average molecular weight is 538 g/mol. The van der Waals surface area contributed by atoms with E-state index in [0.29, 0.717) is 0 Å². The molecule has 0 aromatic carbocycles. The van der Waals surface area contributed by atoms with Gasteiger partial charge in [-0.3, -0.25) is 0 Å². The molecule has 1 aliphatic rings. The summed E-state index contributed by atoms with van der Waals surface area (Å²) in [7, 11) is 2.06. The molecule has 4 heterocycles. The predicted octanol–water partition coefficient (Wildman–Crippen LogP) is 2.11. The summed E-state index contributed by atoms with van der Waals surface area (Å²) in [6, 6.07) is 16.6. The van der Waals surface area contributed by atoms with Crippen LogP contribution in [0.1, 0.15) is 10.5 Å². The van der Waals surface area contributed by atoms with E-state index in [1.54, 1.807) is 12.1 Å². The summed E-state index contributed by atoms with van der Waals surface area (Å²) in [5.74, 6) is 0.965. The van der Waals surface area contributed by atoms with Crippen molar-refractivity contribution in [1.82, 2.24) is 15.0 Å². The minimum Gasteiger partial charge on any atom is -0.477 e. The van der Waals surface area contributed by atoms with Gasteiger partial charge in [0.05, 0.1) is 0 Å². The average Bonchev–Trinajstić information content (AvgIpc) is 3.21. The Morgan fingerprint density at radius 3 is 1.63 bits per heavy atom. The molecule has 3 aromatic rings. The maximum atomic E-state index is 10.1. The van der Waals surface area contributed by atoms with Gasteiger partial charge in [0.2, 0.25) is 0 Å². The van der Waals surface area contributed by atoms with Gasteiger partial charge in [0.15, 0.2) is 0 Å². The molecule has 0 amide bonds. The van der Waals surface area contributed by atoms with Crippen LogP contribution in [-0.2, 0) is 20.1 Å². The van der Waals surface area contributed by atoms with E-state index in [0.717, 1.165) is 24.7 Å². The van der Waals surface area contributed by atoms with E-state index in [1.165, 1.54) is 12.3 Å². The zero-order chi connectivity index (χ0) is 18.2. The van der Waals surface area contributed by atoms with Crippen LogP contribution in [0.2, 0.25) is 0 Å². The molecule has 1 saturated heterocycles. The fourth-order valence-electron chi connectivity index (χ4n) is 2.38. The number of nitrogens with zero attached hydrogens (tertiary/aromatic N) is 5. The maximum Gasteiger partial charge on any atom is 0.394 e. The van der Waals surface area contributed by atoms with Crippen molar-refractivity contribution < 1.29 is 30.0 Å². The molecular formula is C18H17BIrN5O2. The van der Waals surface area contributed by atoms with E-state index in [1.807, 2.05) is 48.8 Å². The van der Waals surface area contributed by atoms with Crippen molar-refractivity contribution >= 4 is 25.2 Å². The monoisotopic (exact) mass is 539 g/mol. The summed E-state index contributed by atoms with van der Waals surface area (Å²) in [5, 5.41) is 8.32. The Kier molecular flexibility index (Phi) is 7.91. The number of hydrogen-bond acceptors (Lipinski definition) is 6. The summed E-state index contributed by atoms with van der Waals surface area (Å²) in [6.45, 7) is 1.88. The second-order valence-corrected chi connectivity index (χ2v) is 5.40. The van der Waals surface area contributed by atoms with Crippen LogP contribution in [0, 0.1) is 0 Å². The second kappa shape index (κ2) is 10.4. The summed E-state index contributed by atoms with van der Waals surface area (Å²) >= 11 is 0.